The molecule has 1 heterocycles. The second-order valence-electron chi connectivity index (χ2n) is 4.37. The molecule has 0 saturated heterocycles. The molecule has 0 spiro atoms. The van der Waals surface area contributed by atoms with Crippen molar-refractivity contribution in [1.29, 1.82) is 0 Å². The Morgan fingerprint density at radius 2 is 1.57 bits per heavy atom. The van der Waals surface area contributed by atoms with Crippen LogP contribution in [-0.2, 0) is 6.42 Å². The second kappa shape index (κ2) is 6.50. The first-order valence-corrected chi connectivity index (χ1v) is 6.90. The highest BCUT2D eigenvalue weighted by Gasteiger charge is 2.29. The number of thiophene rings is 1. The summed E-state index contributed by atoms with van der Waals surface area (Å²) in [5.74, 6) is -4.65. The molecule has 0 saturated carbocycles. The minimum absolute atomic E-state index is 0.0889. The first-order valence-electron chi connectivity index (χ1n) is 5.95. The van der Waals surface area contributed by atoms with Crippen LogP contribution in [0.5, 0.6) is 0 Å². The normalized spacial score (nSPS) is 12.7. The van der Waals surface area contributed by atoms with Crippen molar-refractivity contribution in [2.45, 2.75) is 18.9 Å². The largest absolute Gasteiger partial charge is 0.271 e. The van der Waals surface area contributed by atoms with Crippen molar-refractivity contribution in [3.8, 4) is 0 Å². The van der Waals surface area contributed by atoms with E-state index in [-0.39, 0.29) is 6.42 Å². The van der Waals surface area contributed by atoms with Crippen LogP contribution in [0.3, 0.4) is 0 Å². The minimum Gasteiger partial charge on any atom is -0.271 e. The van der Waals surface area contributed by atoms with Gasteiger partial charge in [0.2, 0.25) is 5.82 Å². The lowest BCUT2D eigenvalue weighted by Crippen LogP contribution is -2.30. The average molecular weight is 322 g/mol. The number of nitrogens with two attached hydrogens (primary N) is 1. The van der Waals surface area contributed by atoms with Crippen LogP contribution in [-0.4, -0.2) is 0 Å². The summed E-state index contributed by atoms with van der Waals surface area (Å²) in [5, 5.41) is 3.64. The van der Waals surface area contributed by atoms with Gasteiger partial charge in [0.1, 0.15) is 0 Å². The van der Waals surface area contributed by atoms with Crippen molar-refractivity contribution in [2.75, 3.05) is 0 Å². The molecule has 1 aromatic heterocycles. The summed E-state index contributed by atoms with van der Waals surface area (Å²) in [6.07, 6.45) is 0.476. The summed E-state index contributed by atoms with van der Waals surface area (Å²) in [6.45, 7) is 0. The van der Waals surface area contributed by atoms with E-state index < -0.39 is 40.7 Å². The van der Waals surface area contributed by atoms with E-state index in [0.717, 1.165) is 5.56 Å². The van der Waals surface area contributed by atoms with E-state index in [0.29, 0.717) is 6.42 Å². The zero-order valence-corrected chi connectivity index (χ0v) is 11.4. The van der Waals surface area contributed by atoms with Gasteiger partial charge in [-0.05, 0) is 35.2 Å². The Morgan fingerprint density at radius 3 is 2.05 bits per heavy atom. The maximum Gasteiger partial charge on any atom is 0.200 e. The number of aryl methyl sites for hydroxylation is 1. The fourth-order valence-electron chi connectivity index (χ4n) is 1.98. The van der Waals surface area contributed by atoms with Crippen LogP contribution in [0.1, 0.15) is 23.6 Å². The highest BCUT2D eigenvalue weighted by atomic mass is 32.1. The third-order valence-corrected chi connectivity index (χ3v) is 3.83. The zero-order chi connectivity index (χ0) is 15.6. The van der Waals surface area contributed by atoms with Gasteiger partial charge in [-0.15, -0.1) is 0 Å². The first kappa shape index (κ1) is 15.9. The molecule has 0 radical (unpaired) electrons. The maximum absolute atomic E-state index is 13.7. The molecule has 3 N–H and O–H groups in total. The summed E-state index contributed by atoms with van der Waals surface area (Å²) in [6, 6.07) is 0.617. The quantitative estimate of drug-likeness (QED) is 0.290. The van der Waals surface area contributed by atoms with Crippen LogP contribution in [0.15, 0.2) is 16.8 Å². The maximum atomic E-state index is 13.7. The molecule has 1 atom stereocenters. The van der Waals surface area contributed by atoms with E-state index in [1.807, 2.05) is 10.8 Å². The van der Waals surface area contributed by atoms with E-state index in [2.05, 4.69) is 5.43 Å². The van der Waals surface area contributed by atoms with E-state index in [4.69, 9.17) is 5.84 Å². The SMILES string of the molecule is NNC(CCc1ccsc1)c1c(F)c(F)c(F)c(F)c1F. The molecule has 114 valence electrons. The van der Waals surface area contributed by atoms with E-state index in [1.165, 1.54) is 11.3 Å². The molecule has 0 fully saturated rings. The van der Waals surface area contributed by atoms with Crippen LogP contribution < -0.4 is 11.3 Å². The molecule has 2 nitrogen and oxygen atoms in total. The number of benzene rings is 1. The van der Waals surface area contributed by atoms with Gasteiger partial charge in [0.25, 0.3) is 0 Å². The molecule has 2 aromatic rings. The van der Waals surface area contributed by atoms with Crippen LogP contribution in [0.25, 0.3) is 0 Å². The Bertz CT molecular complexity index is 601. The van der Waals surface area contributed by atoms with Gasteiger partial charge < -0.3 is 0 Å². The fourth-order valence-corrected chi connectivity index (χ4v) is 2.69. The molecule has 1 unspecified atom stereocenters. The molecule has 0 bridgehead atoms. The summed E-state index contributed by atoms with van der Waals surface area (Å²) in [7, 11) is 0. The van der Waals surface area contributed by atoms with Crippen molar-refractivity contribution in [3.05, 3.63) is 57.0 Å². The molecular weight excluding hydrogens is 311 g/mol. The lowest BCUT2D eigenvalue weighted by atomic mass is 9.99. The Labute approximate surface area is 121 Å². The summed E-state index contributed by atoms with van der Waals surface area (Å²) < 4.78 is 66.7. The Kier molecular flexibility index (Phi) is 4.92. The molecule has 0 amide bonds. The minimum atomic E-state index is -2.18. The number of nitrogens with one attached hydrogen (secondary N) is 1. The number of hydrogen-bond donors (Lipinski definition) is 2. The molecule has 2 rings (SSSR count). The lowest BCUT2D eigenvalue weighted by molar-refractivity contribution is 0.352. The predicted molar refractivity (Wildman–Crippen MR) is 68.9 cm³/mol. The van der Waals surface area contributed by atoms with Gasteiger partial charge >= 0.3 is 0 Å². The molecule has 1 aromatic carbocycles. The Morgan fingerprint density at radius 1 is 1.00 bits per heavy atom. The average Bonchev–Trinajstić information content (AvgIpc) is 3.00. The lowest BCUT2D eigenvalue weighted by Gasteiger charge is -2.18. The summed E-state index contributed by atoms with van der Waals surface area (Å²) >= 11 is 1.44. The van der Waals surface area contributed by atoms with Crippen LogP contribution in [0, 0.1) is 29.1 Å². The third-order valence-electron chi connectivity index (χ3n) is 3.10. The molecule has 21 heavy (non-hydrogen) atoms. The van der Waals surface area contributed by atoms with Gasteiger partial charge in [-0.1, -0.05) is 0 Å². The van der Waals surface area contributed by atoms with Gasteiger partial charge in [0.05, 0.1) is 6.04 Å². The van der Waals surface area contributed by atoms with Crippen molar-refractivity contribution in [2.24, 2.45) is 5.84 Å². The predicted octanol–water partition coefficient (Wildman–Crippen LogP) is 3.58. The third kappa shape index (κ3) is 3.07. The van der Waals surface area contributed by atoms with Crippen LogP contribution in [0.4, 0.5) is 22.0 Å². The number of hydrogen-bond acceptors (Lipinski definition) is 3. The smallest absolute Gasteiger partial charge is 0.200 e. The number of rotatable bonds is 5. The van der Waals surface area contributed by atoms with Gasteiger partial charge in [0, 0.05) is 5.56 Å². The highest BCUT2D eigenvalue weighted by Crippen LogP contribution is 2.29. The van der Waals surface area contributed by atoms with Crippen molar-refractivity contribution >= 4 is 11.3 Å². The van der Waals surface area contributed by atoms with Crippen LogP contribution >= 0.6 is 11.3 Å². The van der Waals surface area contributed by atoms with Crippen LogP contribution in [0.2, 0.25) is 0 Å². The van der Waals surface area contributed by atoms with Crippen molar-refractivity contribution in [1.82, 2.24) is 5.43 Å². The summed E-state index contributed by atoms with van der Waals surface area (Å²) in [5.41, 5.74) is 2.06. The topological polar surface area (TPSA) is 38.0 Å². The van der Waals surface area contributed by atoms with Crippen molar-refractivity contribution in [3.63, 3.8) is 0 Å². The molecule has 0 aliphatic rings. The molecular formula is C13H11F5N2S. The molecule has 0 aliphatic heterocycles. The summed E-state index contributed by atoms with van der Waals surface area (Å²) in [4.78, 5) is 0. The van der Waals surface area contributed by atoms with E-state index >= 15 is 0 Å². The number of hydrazine groups is 1. The van der Waals surface area contributed by atoms with Gasteiger partial charge in [0.15, 0.2) is 23.3 Å². The highest BCUT2D eigenvalue weighted by molar-refractivity contribution is 7.07. The van der Waals surface area contributed by atoms with Gasteiger partial charge in [-0.25, -0.2) is 22.0 Å². The standard InChI is InChI=1S/C13H11F5N2S/c14-9-8(10(15)12(17)13(18)11(9)16)7(20-19)2-1-6-3-4-21-5-6/h3-5,7,20H,1-2,19H2. The Balaban J connectivity index is 2.33. The molecule has 8 heteroatoms. The monoisotopic (exact) mass is 322 g/mol. The van der Waals surface area contributed by atoms with E-state index in [1.54, 1.807) is 6.07 Å². The first-order chi connectivity index (χ1) is 9.97. The molecule has 0 aliphatic carbocycles. The Hall–Kier alpha value is -1.51. The van der Waals surface area contributed by atoms with Gasteiger partial charge in [-0.3, -0.25) is 11.3 Å². The fraction of sp³-hybridized carbons (Fsp3) is 0.231. The second-order valence-corrected chi connectivity index (χ2v) is 5.15. The van der Waals surface area contributed by atoms with Crippen molar-refractivity contribution < 1.29 is 22.0 Å². The van der Waals surface area contributed by atoms with Gasteiger partial charge in [-0.2, -0.15) is 11.3 Å². The zero-order valence-electron chi connectivity index (χ0n) is 10.6. The van der Waals surface area contributed by atoms with E-state index in [9.17, 15) is 22.0 Å². The number of halogens is 5.